The Balaban J connectivity index is 1.00. The van der Waals surface area contributed by atoms with Gasteiger partial charge in [0.15, 0.2) is 0 Å². The number of benzene rings is 9. The first-order chi connectivity index (χ1) is 37.8. The fraction of sp³-hybridized carbons (Fsp3) is 0.0556. The fourth-order valence-corrected chi connectivity index (χ4v) is 10.9. The minimum Gasteiger partial charge on any atom is -0.287 e. The second-order valence-corrected chi connectivity index (χ2v) is 20.7. The Morgan fingerprint density at radius 3 is 1.32 bits per heavy atom. The average Bonchev–Trinajstić information content (AvgIpc) is 4.07. The van der Waals surface area contributed by atoms with Crippen LogP contribution in [0.15, 0.2) is 267 Å². The first-order valence-corrected chi connectivity index (χ1v) is 26.3. The van der Waals surface area contributed by atoms with E-state index in [9.17, 15) is 0 Å². The minimum atomic E-state index is -0.194. The molecule has 4 aromatic heterocycles. The van der Waals surface area contributed by atoms with Crippen LogP contribution in [-0.2, 0) is 5.41 Å². The highest BCUT2D eigenvalue weighted by atomic mass is 15.1. The van der Waals surface area contributed by atoms with Gasteiger partial charge in [-0.1, -0.05) is 203 Å². The van der Waals surface area contributed by atoms with Crippen molar-refractivity contribution in [1.82, 2.24) is 24.3 Å². The van der Waals surface area contributed by atoms with Crippen LogP contribution in [0.5, 0.6) is 0 Å². The number of pyridine rings is 2. The van der Waals surface area contributed by atoms with Crippen LogP contribution in [0.1, 0.15) is 26.6 Å². The van der Waals surface area contributed by atoms with Gasteiger partial charge in [-0.3, -0.25) is 14.4 Å². The summed E-state index contributed by atoms with van der Waals surface area (Å²) in [6, 6.07) is 87.5. The number of imidazole rings is 1. The molecule has 0 aliphatic carbocycles. The first-order valence-electron chi connectivity index (χ1n) is 26.3. The Morgan fingerprint density at radius 1 is 0.299 bits per heavy atom. The highest BCUT2D eigenvalue weighted by Gasteiger charge is 2.23. The molecular formula is C72H53N5. The number of fused-ring (bicyclic) bond motifs is 3. The van der Waals surface area contributed by atoms with Gasteiger partial charge in [0.1, 0.15) is 11.5 Å². The first kappa shape index (κ1) is 46.9. The zero-order valence-corrected chi connectivity index (χ0v) is 43.1. The van der Waals surface area contributed by atoms with Crippen LogP contribution >= 0.6 is 0 Å². The summed E-state index contributed by atoms with van der Waals surface area (Å²) in [5.41, 5.74) is 23.8. The zero-order valence-electron chi connectivity index (χ0n) is 43.1. The molecule has 5 heteroatoms. The Bertz CT molecular complexity index is 4270. The molecule has 0 saturated carbocycles. The van der Waals surface area contributed by atoms with E-state index in [4.69, 9.17) is 15.0 Å². The molecule has 4 heterocycles. The molecule has 0 N–H and O–H groups in total. The molecule has 0 aliphatic rings. The van der Waals surface area contributed by atoms with Crippen molar-refractivity contribution < 1.29 is 0 Å². The third kappa shape index (κ3) is 9.08. The number of rotatable bonds is 10. The molecule has 0 atom stereocenters. The van der Waals surface area contributed by atoms with Crippen molar-refractivity contribution in [3.8, 4) is 112 Å². The van der Waals surface area contributed by atoms with Crippen molar-refractivity contribution in [2.24, 2.45) is 0 Å². The Kier molecular flexibility index (Phi) is 12.1. The summed E-state index contributed by atoms with van der Waals surface area (Å²) >= 11 is 0. The molecule has 366 valence electrons. The van der Waals surface area contributed by atoms with E-state index in [0.717, 1.165) is 123 Å². The predicted octanol–water partition coefficient (Wildman–Crippen LogP) is 18.6. The number of nitrogens with zero attached hydrogens (tertiary/aromatic N) is 5. The smallest absolute Gasteiger partial charge is 0.147 e. The van der Waals surface area contributed by atoms with Crippen LogP contribution in [0.3, 0.4) is 0 Å². The molecule has 77 heavy (non-hydrogen) atoms. The van der Waals surface area contributed by atoms with E-state index in [1.54, 1.807) is 0 Å². The summed E-state index contributed by atoms with van der Waals surface area (Å²) in [6.07, 6.45) is 7.60. The van der Waals surface area contributed by atoms with Crippen molar-refractivity contribution in [1.29, 1.82) is 0 Å². The van der Waals surface area contributed by atoms with E-state index in [1.807, 2.05) is 43.0 Å². The summed E-state index contributed by atoms with van der Waals surface area (Å²) in [5.74, 6) is 0.975. The summed E-state index contributed by atoms with van der Waals surface area (Å²) in [6.45, 7) is 6.62. The molecule has 13 rings (SSSR count). The van der Waals surface area contributed by atoms with Gasteiger partial charge in [0.25, 0.3) is 0 Å². The monoisotopic (exact) mass is 987 g/mol. The van der Waals surface area contributed by atoms with Gasteiger partial charge in [-0.15, -0.1) is 0 Å². The summed E-state index contributed by atoms with van der Waals surface area (Å²) in [7, 11) is 0. The van der Waals surface area contributed by atoms with Crippen LogP contribution in [0.4, 0.5) is 0 Å². The van der Waals surface area contributed by atoms with E-state index >= 15 is 0 Å². The van der Waals surface area contributed by atoms with Crippen molar-refractivity contribution in [2.45, 2.75) is 26.2 Å². The lowest BCUT2D eigenvalue weighted by Crippen LogP contribution is -2.18. The Labute approximate surface area is 449 Å². The predicted molar refractivity (Wildman–Crippen MR) is 319 cm³/mol. The molecule has 0 saturated heterocycles. The highest BCUT2D eigenvalue weighted by Crippen LogP contribution is 2.45. The molecule has 0 spiro atoms. The largest absolute Gasteiger partial charge is 0.287 e. The normalized spacial score (nSPS) is 11.6. The van der Waals surface area contributed by atoms with Crippen molar-refractivity contribution in [2.75, 3.05) is 0 Å². The molecule has 0 radical (unpaired) electrons. The summed E-state index contributed by atoms with van der Waals surface area (Å²) in [5, 5.41) is 1.02. The summed E-state index contributed by atoms with van der Waals surface area (Å²) < 4.78 is 2.13. The maximum Gasteiger partial charge on any atom is 0.147 e. The second-order valence-electron chi connectivity index (χ2n) is 20.7. The molecule has 0 bridgehead atoms. The lowest BCUT2D eigenvalue weighted by atomic mass is 9.84. The lowest BCUT2D eigenvalue weighted by molar-refractivity contribution is 0.539. The summed E-state index contributed by atoms with van der Waals surface area (Å²) in [4.78, 5) is 19.6. The standard InChI is InChI=1S/C72H53N5/c1-72(2,3)71-76-69-47-53(35-38-65(69)70-75-41-42-77(70)71)59-20-8-10-22-61(59)56-43-55(60-21-9-7-19-58(60)50-31-33-52(34-32-50)67-25-13-15-39-73-67)44-57(45-56)62-23-11-12-24-63(62)64-37-36-54(68-26-14-16-40-74-68)46-66(64)51-29-27-49(28-30-51)48-17-5-4-6-18-48/h4-47H,1-3H3. The maximum absolute atomic E-state index is 5.33. The molecule has 13 aromatic rings. The van der Waals surface area contributed by atoms with Crippen molar-refractivity contribution in [3.05, 3.63) is 273 Å². The molecule has 0 fully saturated rings. The topological polar surface area (TPSA) is 56.0 Å². The van der Waals surface area contributed by atoms with Crippen molar-refractivity contribution in [3.63, 3.8) is 0 Å². The van der Waals surface area contributed by atoms with Gasteiger partial charge in [0, 0.05) is 46.7 Å². The van der Waals surface area contributed by atoms with E-state index in [2.05, 4.69) is 255 Å². The van der Waals surface area contributed by atoms with Gasteiger partial charge < -0.3 is 0 Å². The maximum atomic E-state index is 5.33. The van der Waals surface area contributed by atoms with Gasteiger partial charge in [-0.25, -0.2) is 9.97 Å². The average molecular weight is 988 g/mol. The van der Waals surface area contributed by atoms with Gasteiger partial charge in [0.05, 0.1) is 16.9 Å². The van der Waals surface area contributed by atoms with Gasteiger partial charge >= 0.3 is 0 Å². The third-order valence-corrected chi connectivity index (χ3v) is 14.7. The fourth-order valence-electron chi connectivity index (χ4n) is 10.9. The minimum absolute atomic E-state index is 0.194. The molecule has 9 aromatic carbocycles. The molecule has 5 nitrogen and oxygen atoms in total. The zero-order chi connectivity index (χ0) is 51.9. The Hall–Kier alpha value is -9.84. The van der Waals surface area contributed by atoms with E-state index in [0.29, 0.717) is 0 Å². The van der Waals surface area contributed by atoms with E-state index in [-0.39, 0.29) is 5.41 Å². The molecule has 0 aliphatic heterocycles. The van der Waals surface area contributed by atoms with Crippen LogP contribution in [0.25, 0.3) is 128 Å². The van der Waals surface area contributed by atoms with Crippen LogP contribution in [-0.4, -0.2) is 24.3 Å². The third-order valence-electron chi connectivity index (χ3n) is 14.7. The van der Waals surface area contributed by atoms with Crippen LogP contribution in [0, 0.1) is 0 Å². The highest BCUT2D eigenvalue weighted by molar-refractivity contribution is 5.99. The number of aromatic nitrogens is 5. The van der Waals surface area contributed by atoms with Gasteiger partial charge in [0.2, 0.25) is 0 Å². The van der Waals surface area contributed by atoms with Crippen LogP contribution in [0.2, 0.25) is 0 Å². The lowest BCUT2D eigenvalue weighted by Gasteiger charge is -2.21. The van der Waals surface area contributed by atoms with E-state index in [1.165, 1.54) is 11.1 Å². The molecule has 0 unspecified atom stereocenters. The van der Waals surface area contributed by atoms with Crippen LogP contribution < -0.4 is 0 Å². The molecule has 0 amide bonds. The molecular weight excluding hydrogens is 935 g/mol. The number of hydrogen-bond acceptors (Lipinski definition) is 4. The van der Waals surface area contributed by atoms with Gasteiger partial charge in [-0.2, -0.15) is 0 Å². The van der Waals surface area contributed by atoms with E-state index < -0.39 is 0 Å². The number of hydrogen-bond donors (Lipinski definition) is 0. The van der Waals surface area contributed by atoms with Crippen molar-refractivity contribution >= 4 is 16.6 Å². The van der Waals surface area contributed by atoms with Gasteiger partial charge in [-0.05, 0) is 150 Å². The SMILES string of the molecule is CC(C)(C)c1nc2cc(-c3ccccc3-c3cc(-c4ccccc4-c4ccc(-c5ccccn5)cc4)cc(-c4ccccc4-c4ccc(-c5ccccn5)cc4-c4ccc(-c5ccccc5)cc4)c3)ccc2c2nccn12. The quantitative estimate of drug-likeness (QED) is 0.137. The second kappa shape index (κ2) is 19.8. The Morgan fingerprint density at radius 2 is 0.740 bits per heavy atom.